The third-order valence-electron chi connectivity index (χ3n) is 1.68. The number of aldehydes is 1. The third kappa shape index (κ3) is 2.85. The van der Waals surface area contributed by atoms with Gasteiger partial charge in [0.15, 0.2) is 0 Å². The van der Waals surface area contributed by atoms with E-state index in [1.807, 2.05) is 0 Å². The van der Waals surface area contributed by atoms with Gasteiger partial charge in [-0.15, -0.1) is 0 Å². The van der Waals surface area contributed by atoms with Crippen LogP contribution >= 0.6 is 0 Å². The Kier molecular flexibility index (Phi) is 3.47. The van der Waals surface area contributed by atoms with Crippen LogP contribution in [0, 0.1) is 11.8 Å². The molecule has 2 N–H and O–H groups in total. The van der Waals surface area contributed by atoms with Gasteiger partial charge in [-0.3, -0.25) is 9.59 Å². The van der Waals surface area contributed by atoms with Crippen LogP contribution in [0.4, 0.5) is 0 Å². The molecule has 0 fully saturated rings. The van der Waals surface area contributed by atoms with E-state index in [-0.39, 0.29) is 0 Å². The Morgan fingerprint density at radius 1 is 1.53 bits per heavy atom. The second-order valence-corrected chi connectivity index (χ2v) is 2.69. The lowest BCUT2D eigenvalue weighted by molar-refractivity contribution is -0.112. The number of amides is 1. The van der Waals surface area contributed by atoms with Crippen molar-refractivity contribution in [3.8, 4) is 17.6 Å². The standard InChI is InChI=1S/C11H9NO3/c1-15-10-4-2-8(7-13)6-9(10)3-5-11(12)14/h2,4,6-7H,1H3,(H2,12,14). The van der Waals surface area contributed by atoms with E-state index in [4.69, 9.17) is 10.5 Å². The van der Waals surface area contributed by atoms with Crippen LogP contribution in [0.25, 0.3) is 0 Å². The Hall–Kier alpha value is -2.28. The number of carbonyl (C=O) groups excluding carboxylic acids is 2. The highest BCUT2D eigenvalue weighted by Gasteiger charge is 2.01. The zero-order chi connectivity index (χ0) is 11.3. The molecule has 0 unspecified atom stereocenters. The highest BCUT2D eigenvalue weighted by Crippen LogP contribution is 2.17. The van der Waals surface area contributed by atoms with E-state index in [0.717, 1.165) is 0 Å². The topological polar surface area (TPSA) is 69.4 Å². The molecule has 4 heteroatoms. The molecule has 0 spiro atoms. The molecule has 0 radical (unpaired) electrons. The van der Waals surface area contributed by atoms with Gasteiger partial charge in [-0.2, -0.15) is 0 Å². The summed E-state index contributed by atoms with van der Waals surface area (Å²) >= 11 is 0. The minimum absolute atomic E-state index is 0.459. The minimum Gasteiger partial charge on any atom is -0.495 e. The number of hydrogen-bond donors (Lipinski definition) is 1. The van der Waals surface area contributed by atoms with Crippen LogP contribution in [0.15, 0.2) is 18.2 Å². The number of carbonyl (C=O) groups is 2. The summed E-state index contributed by atoms with van der Waals surface area (Å²) in [5.74, 6) is 4.48. The first kappa shape index (κ1) is 10.8. The van der Waals surface area contributed by atoms with Crippen molar-refractivity contribution in [1.82, 2.24) is 0 Å². The van der Waals surface area contributed by atoms with Crippen molar-refractivity contribution in [2.45, 2.75) is 0 Å². The number of ether oxygens (including phenoxy) is 1. The van der Waals surface area contributed by atoms with Crippen LogP contribution in [0.1, 0.15) is 15.9 Å². The molecule has 0 aliphatic rings. The van der Waals surface area contributed by atoms with E-state index in [1.54, 1.807) is 12.1 Å². The predicted molar refractivity (Wildman–Crippen MR) is 54.5 cm³/mol. The fourth-order valence-corrected chi connectivity index (χ4v) is 1.03. The summed E-state index contributed by atoms with van der Waals surface area (Å²) in [5, 5.41) is 0. The van der Waals surface area contributed by atoms with Crippen molar-refractivity contribution in [3.05, 3.63) is 29.3 Å². The van der Waals surface area contributed by atoms with E-state index in [9.17, 15) is 9.59 Å². The van der Waals surface area contributed by atoms with Gasteiger partial charge in [0.25, 0.3) is 5.91 Å². The number of rotatable bonds is 2. The molecule has 1 aromatic rings. The average Bonchev–Trinajstić information content (AvgIpc) is 2.25. The monoisotopic (exact) mass is 203 g/mol. The van der Waals surface area contributed by atoms with Crippen LogP contribution in [0.3, 0.4) is 0 Å². The maximum atomic E-state index is 10.5. The Balaban J connectivity index is 3.19. The second-order valence-electron chi connectivity index (χ2n) is 2.69. The second kappa shape index (κ2) is 4.82. The fourth-order valence-electron chi connectivity index (χ4n) is 1.03. The lowest BCUT2D eigenvalue weighted by atomic mass is 10.1. The first-order chi connectivity index (χ1) is 7.17. The molecule has 0 aliphatic heterocycles. The smallest absolute Gasteiger partial charge is 0.293 e. The number of nitrogens with two attached hydrogens (primary N) is 1. The van der Waals surface area contributed by atoms with Crippen molar-refractivity contribution in [3.63, 3.8) is 0 Å². The van der Waals surface area contributed by atoms with E-state index < -0.39 is 5.91 Å². The van der Waals surface area contributed by atoms with E-state index in [1.165, 1.54) is 13.2 Å². The lowest BCUT2D eigenvalue weighted by Gasteiger charge is -2.02. The number of benzene rings is 1. The lowest BCUT2D eigenvalue weighted by Crippen LogP contribution is -2.06. The van der Waals surface area contributed by atoms with E-state index in [0.29, 0.717) is 23.2 Å². The van der Waals surface area contributed by atoms with Gasteiger partial charge in [-0.1, -0.05) is 5.92 Å². The van der Waals surface area contributed by atoms with Crippen molar-refractivity contribution < 1.29 is 14.3 Å². The minimum atomic E-state index is -0.728. The Morgan fingerprint density at radius 2 is 2.27 bits per heavy atom. The van der Waals surface area contributed by atoms with Gasteiger partial charge in [0.2, 0.25) is 0 Å². The van der Waals surface area contributed by atoms with Crippen LogP contribution in [-0.4, -0.2) is 19.3 Å². The van der Waals surface area contributed by atoms with Gasteiger partial charge in [0.05, 0.1) is 12.7 Å². The van der Waals surface area contributed by atoms with Gasteiger partial charge in [-0.25, -0.2) is 0 Å². The molecule has 1 rings (SSSR count). The van der Waals surface area contributed by atoms with Gasteiger partial charge in [-0.05, 0) is 18.2 Å². The van der Waals surface area contributed by atoms with Gasteiger partial charge >= 0.3 is 0 Å². The summed E-state index contributed by atoms with van der Waals surface area (Å²) in [6.45, 7) is 0. The molecule has 1 amide bonds. The SMILES string of the molecule is COc1ccc(C=O)cc1C#CC(N)=O. The maximum absolute atomic E-state index is 10.5. The summed E-state index contributed by atoms with van der Waals surface area (Å²) in [6, 6.07) is 4.73. The van der Waals surface area contributed by atoms with Crippen LogP contribution in [-0.2, 0) is 4.79 Å². The van der Waals surface area contributed by atoms with Crippen molar-refractivity contribution in [2.75, 3.05) is 7.11 Å². The van der Waals surface area contributed by atoms with Crippen LogP contribution in [0.2, 0.25) is 0 Å². The summed E-state index contributed by atoms with van der Waals surface area (Å²) in [7, 11) is 1.48. The number of primary amides is 1. The molecule has 0 aliphatic carbocycles. The van der Waals surface area contributed by atoms with Crippen LogP contribution < -0.4 is 10.5 Å². The molecule has 1 aromatic carbocycles. The fraction of sp³-hybridized carbons (Fsp3) is 0.0909. The largest absolute Gasteiger partial charge is 0.495 e. The molecule has 0 saturated carbocycles. The summed E-state index contributed by atoms with van der Waals surface area (Å²) in [6.07, 6.45) is 0.689. The third-order valence-corrected chi connectivity index (χ3v) is 1.68. The molecular weight excluding hydrogens is 194 g/mol. The number of hydrogen-bond acceptors (Lipinski definition) is 3. The summed E-state index contributed by atoms with van der Waals surface area (Å²) < 4.78 is 5.01. The Bertz CT molecular complexity index is 455. The zero-order valence-corrected chi connectivity index (χ0v) is 8.11. The molecule has 4 nitrogen and oxygen atoms in total. The van der Waals surface area contributed by atoms with Gasteiger partial charge in [0, 0.05) is 11.5 Å². The first-order valence-electron chi connectivity index (χ1n) is 4.12. The van der Waals surface area contributed by atoms with Crippen LogP contribution in [0.5, 0.6) is 5.75 Å². The summed E-state index contributed by atoms with van der Waals surface area (Å²) in [4.78, 5) is 21.0. The molecule has 76 valence electrons. The molecule has 15 heavy (non-hydrogen) atoms. The highest BCUT2D eigenvalue weighted by atomic mass is 16.5. The first-order valence-corrected chi connectivity index (χ1v) is 4.12. The molecule has 0 atom stereocenters. The molecule has 0 bridgehead atoms. The quantitative estimate of drug-likeness (QED) is 0.556. The van der Waals surface area contributed by atoms with E-state index >= 15 is 0 Å². The van der Waals surface area contributed by atoms with Crippen molar-refractivity contribution in [2.24, 2.45) is 5.73 Å². The molecular formula is C11H9NO3. The van der Waals surface area contributed by atoms with Gasteiger partial charge < -0.3 is 10.5 Å². The molecule has 0 heterocycles. The Morgan fingerprint density at radius 3 is 2.80 bits per heavy atom. The van der Waals surface area contributed by atoms with Gasteiger partial charge in [0.1, 0.15) is 12.0 Å². The zero-order valence-electron chi connectivity index (χ0n) is 8.11. The number of methoxy groups -OCH3 is 1. The van der Waals surface area contributed by atoms with Crippen molar-refractivity contribution in [1.29, 1.82) is 0 Å². The predicted octanol–water partition coefficient (Wildman–Crippen LogP) is 0.345. The maximum Gasteiger partial charge on any atom is 0.293 e. The normalized spacial score (nSPS) is 8.60. The van der Waals surface area contributed by atoms with E-state index in [2.05, 4.69) is 11.8 Å². The van der Waals surface area contributed by atoms with Crippen molar-refractivity contribution >= 4 is 12.2 Å². The molecule has 0 aromatic heterocycles. The molecule has 0 saturated heterocycles. The summed E-state index contributed by atoms with van der Waals surface area (Å²) in [5.41, 5.74) is 5.80. The average molecular weight is 203 g/mol. The highest BCUT2D eigenvalue weighted by molar-refractivity contribution is 5.92. The Labute approximate surface area is 87.0 Å².